The predicted molar refractivity (Wildman–Crippen MR) is 156 cm³/mol. The van der Waals surface area contributed by atoms with Gasteiger partial charge in [-0.2, -0.15) is 5.23 Å². The lowest BCUT2D eigenvalue weighted by Gasteiger charge is -2.62. The summed E-state index contributed by atoms with van der Waals surface area (Å²) in [4.78, 5) is 15.5. The lowest BCUT2D eigenvalue weighted by Crippen LogP contribution is -2.99. The van der Waals surface area contributed by atoms with Crippen molar-refractivity contribution in [3.8, 4) is 5.88 Å². The Balaban J connectivity index is 1.10. The topological polar surface area (TPSA) is 166 Å². The molecule has 1 aromatic heterocycles. The summed E-state index contributed by atoms with van der Waals surface area (Å²) in [5.41, 5.74) is 0.978. The molecule has 0 spiro atoms. The molecule has 0 radical (unpaired) electrons. The summed E-state index contributed by atoms with van der Waals surface area (Å²) in [6, 6.07) is 4.38. The first-order chi connectivity index (χ1) is 19.9. The number of benzene rings is 1. The number of nitrogens with one attached hydrogen (secondary N) is 2. The highest BCUT2D eigenvalue weighted by Gasteiger charge is 2.62. The number of carbonyl (C=O) groups is 1. The van der Waals surface area contributed by atoms with Gasteiger partial charge in [0.05, 0.1) is 17.7 Å². The van der Waals surface area contributed by atoms with Crippen molar-refractivity contribution in [3.05, 3.63) is 23.4 Å². The molecular formula is C32H46N4O6. The zero-order chi connectivity index (χ0) is 30.0. The highest BCUT2D eigenvalue weighted by molar-refractivity contribution is 5.95. The van der Waals surface area contributed by atoms with Crippen LogP contribution < -0.4 is 5.23 Å². The minimum absolute atomic E-state index is 0.0823. The summed E-state index contributed by atoms with van der Waals surface area (Å²) in [5.74, 6) is 1.96. The van der Waals surface area contributed by atoms with Gasteiger partial charge < -0.3 is 25.5 Å². The lowest BCUT2D eigenvalue weighted by molar-refractivity contribution is -0.991. The molecule has 4 aliphatic carbocycles. The number of quaternary nitrogens is 1. The molecular weight excluding hydrogens is 536 g/mol. The van der Waals surface area contributed by atoms with E-state index in [4.69, 9.17) is 0 Å². The van der Waals surface area contributed by atoms with Gasteiger partial charge in [0.25, 0.3) is 5.91 Å². The highest BCUT2D eigenvalue weighted by Crippen LogP contribution is 2.68. The second-order valence-corrected chi connectivity index (χ2v) is 14.5. The minimum atomic E-state index is -1.07. The number of carbonyl (C=O) groups excluding carboxylic acids is 1. The van der Waals surface area contributed by atoms with E-state index in [1.165, 1.54) is 12.1 Å². The normalized spacial score (nSPS) is 39.5. The van der Waals surface area contributed by atoms with E-state index in [2.05, 4.69) is 36.0 Å². The Morgan fingerprint density at radius 2 is 1.86 bits per heavy atom. The van der Waals surface area contributed by atoms with E-state index < -0.39 is 5.23 Å². The first-order valence-corrected chi connectivity index (χ1v) is 15.8. The molecule has 0 saturated heterocycles. The molecule has 6 N–H and O–H groups in total. The van der Waals surface area contributed by atoms with Crippen LogP contribution in [-0.4, -0.2) is 43.6 Å². The Hall–Kier alpha value is -2.37. The van der Waals surface area contributed by atoms with E-state index in [1.807, 2.05) is 0 Å². The van der Waals surface area contributed by atoms with Gasteiger partial charge in [0.15, 0.2) is 11.4 Å². The molecule has 1 amide bonds. The summed E-state index contributed by atoms with van der Waals surface area (Å²) in [6.45, 7) is 7.12. The molecule has 4 saturated carbocycles. The third-order valence-corrected chi connectivity index (χ3v) is 12.5. The van der Waals surface area contributed by atoms with E-state index in [-0.39, 0.29) is 52.6 Å². The van der Waals surface area contributed by atoms with Crippen LogP contribution in [0.3, 0.4) is 0 Å². The lowest BCUT2D eigenvalue weighted by atomic mass is 9.43. The average Bonchev–Trinajstić information content (AvgIpc) is 3.46. The number of H-pyrrole nitrogens is 1. The molecule has 0 aliphatic heterocycles. The molecule has 4 fully saturated rings. The van der Waals surface area contributed by atoms with Gasteiger partial charge in [-0.25, -0.2) is 5.21 Å². The Kier molecular flexibility index (Phi) is 7.75. The second-order valence-electron chi connectivity index (χ2n) is 14.5. The van der Waals surface area contributed by atoms with E-state index in [0.717, 1.165) is 51.4 Å². The summed E-state index contributed by atoms with van der Waals surface area (Å²) >= 11 is 0. The zero-order valence-corrected chi connectivity index (χ0v) is 24.9. The molecule has 1 aromatic carbocycles. The van der Waals surface area contributed by atoms with Crippen molar-refractivity contribution >= 4 is 28.2 Å². The molecule has 42 heavy (non-hydrogen) atoms. The number of aromatic hydroxyl groups is 1. The average molecular weight is 583 g/mol. The number of rotatable bonds is 6. The second kappa shape index (κ2) is 11.0. The molecule has 0 bridgehead atoms. The fourth-order valence-corrected chi connectivity index (χ4v) is 10.3. The van der Waals surface area contributed by atoms with E-state index in [1.54, 1.807) is 6.07 Å². The standard InChI is InChI=1S/C32H46N4O6/c1-17(4-9-27(39)34-35-29-21-6-5-19(36(41)42)16-25(21)33-30(29)40)22-7-8-23-28-24(11-13-32(22,23)3)31(2)12-10-20(37)14-18(31)15-26(28)38/h5-6,16-18,20,22-24,26,28,33,36-38,40-41H,4,7-15H2,1-3H3/t17-,18-,20-,22-,23+,24-,26+,28+,31-,32+/m0/s1. The van der Waals surface area contributed by atoms with Crippen LogP contribution in [0.5, 0.6) is 5.88 Å². The molecule has 1 unspecified atom stereocenters. The van der Waals surface area contributed by atoms with Gasteiger partial charge in [-0.15, -0.1) is 10.2 Å². The number of amides is 1. The van der Waals surface area contributed by atoms with Crippen LogP contribution in [0, 0.1) is 51.5 Å². The molecule has 230 valence electrons. The minimum Gasteiger partial charge on any atom is -0.595 e. The van der Waals surface area contributed by atoms with Crippen LogP contribution >= 0.6 is 0 Å². The Morgan fingerprint density at radius 1 is 1.12 bits per heavy atom. The summed E-state index contributed by atoms with van der Waals surface area (Å²) < 4.78 is 0. The van der Waals surface area contributed by atoms with Crippen molar-refractivity contribution in [2.75, 3.05) is 0 Å². The smallest absolute Gasteiger partial charge is 0.264 e. The molecule has 1 heterocycles. The van der Waals surface area contributed by atoms with Gasteiger partial charge in [-0.3, -0.25) is 4.79 Å². The maximum absolute atomic E-state index is 12.8. The van der Waals surface area contributed by atoms with Crippen LogP contribution in [0.2, 0.25) is 0 Å². The van der Waals surface area contributed by atoms with Crippen molar-refractivity contribution in [3.63, 3.8) is 0 Å². The molecule has 2 aromatic rings. The van der Waals surface area contributed by atoms with E-state index in [9.17, 15) is 30.5 Å². The Morgan fingerprint density at radius 3 is 2.62 bits per heavy atom. The number of fused-ring (bicyclic) bond motifs is 6. The van der Waals surface area contributed by atoms with Crippen molar-refractivity contribution in [2.45, 2.75) is 97.2 Å². The summed E-state index contributed by atoms with van der Waals surface area (Å²) in [5, 5.41) is 59.9. The SMILES string of the molecule is C[C@@H](CCC(=O)N=Nc1c(O)[nH]c2cc([NH+]([O-])O)ccc12)[C@@H]1CC[C@@H]2[C@H]3[C@H](O)C[C@@H]4C[C@@H](O)CC[C@]4(C)[C@H]3CC[C@@]21C. The molecule has 4 aliphatic rings. The van der Waals surface area contributed by atoms with Gasteiger partial charge in [-0.1, -0.05) is 20.8 Å². The van der Waals surface area contributed by atoms with Crippen molar-refractivity contribution in [1.29, 1.82) is 0 Å². The Bertz CT molecular complexity index is 1360. The number of aromatic nitrogens is 1. The highest BCUT2D eigenvalue weighted by atomic mass is 16.8. The van der Waals surface area contributed by atoms with Gasteiger partial charge in [-0.05, 0) is 110 Å². The quantitative estimate of drug-likeness (QED) is 0.200. The van der Waals surface area contributed by atoms with Gasteiger partial charge in [0, 0.05) is 23.9 Å². The third-order valence-electron chi connectivity index (χ3n) is 12.5. The predicted octanol–water partition coefficient (Wildman–Crippen LogP) is 5.29. The Labute approximate surface area is 246 Å². The molecule has 10 nitrogen and oxygen atoms in total. The van der Waals surface area contributed by atoms with Crippen LogP contribution in [0.1, 0.15) is 85.0 Å². The van der Waals surface area contributed by atoms with Crippen LogP contribution in [-0.2, 0) is 4.79 Å². The maximum atomic E-state index is 12.8. The van der Waals surface area contributed by atoms with Crippen LogP contribution in [0.4, 0.5) is 11.4 Å². The van der Waals surface area contributed by atoms with Gasteiger partial charge in [0.2, 0.25) is 5.88 Å². The zero-order valence-electron chi connectivity index (χ0n) is 24.9. The third kappa shape index (κ3) is 4.89. The first-order valence-electron chi connectivity index (χ1n) is 15.8. The molecule has 6 rings (SSSR count). The van der Waals surface area contributed by atoms with Gasteiger partial charge >= 0.3 is 0 Å². The number of aromatic amines is 1. The fourth-order valence-electron chi connectivity index (χ4n) is 10.3. The number of azo groups is 1. The number of aliphatic hydroxyl groups excluding tert-OH is 2. The van der Waals surface area contributed by atoms with E-state index in [0.29, 0.717) is 52.8 Å². The molecule has 10 heteroatoms. The van der Waals surface area contributed by atoms with Crippen LogP contribution in [0.15, 0.2) is 28.4 Å². The van der Waals surface area contributed by atoms with E-state index >= 15 is 0 Å². The number of hydrogen-bond donors (Lipinski definition) is 6. The van der Waals surface area contributed by atoms with Crippen molar-refractivity contribution in [1.82, 2.24) is 4.98 Å². The summed E-state index contributed by atoms with van der Waals surface area (Å²) in [6.07, 6.45) is 8.58. The first kappa shape index (κ1) is 29.7. The largest absolute Gasteiger partial charge is 0.595 e. The number of nitrogens with zero attached hydrogens (tertiary/aromatic N) is 2. The van der Waals surface area contributed by atoms with Crippen molar-refractivity contribution in [2.24, 2.45) is 56.6 Å². The monoisotopic (exact) mass is 582 g/mol. The maximum Gasteiger partial charge on any atom is 0.264 e. The number of hydrogen-bond acceptors (Lipinski definition) is 7. The number of aliphatic hydroxyl groups is 2. The van der Waals surface area contributed by atoms with Gasteiger partial charge in [0.1, 0.15) is 0 Å². The fraction of sp³-hybridized carbons (Fsp3) is 0.719. The van der Waals surface area contributed by atoms with Crippen molar-refractivity contribution < 1.29 is 30.5 Å². The molecule has 11 atom stereocenters. The van der Waals surface area contributed by atoms with Crippen LogP contribution in [0.25, 0.3) is 10.9 Å². The summed E-state index contributed by atoms with van der Waals surface area (Å²) in [7, 11) is 0.